The molecule has 0 spiro atoms. The first kappa shape index (κ1) is 32.1. The van der Waals surface area contributed by atoms with E-state index in [-0.39, 0.29) is 21.7 Å². The number of carbonyl (C=O) groups excluding carboxylic acids is 1. The van der Waals surface area contributed by atoms with Gasteiger partial charge in [-0.1, -0.05) is 101 Å². The average molecular weight is 549 g/mol. The van der Waals surface area contributed by atoms with Crippen molar-refractivity contribution < 1.29 is 15.0 Å². The van der Waals surface area contributed by atoms with E-state index < -0.39 is 29.8 Å². The summed E-state index contributed by atoms with van der Waals surface area (Å²) >= 11 is 0. The second kappa shape index (κ2) is 10.5. The van der Waals surface area contributed by atoms with Crippen LogP contribution in [0.2, 0.25) is 0 Å². The highest BCUT2D eigenvalue weighted by atomic mass is 16.3. The van der Waals surface area contributed by atoms with Crippen molar-refractivity contribution in [3.63, 3.8) is 0 Å². The van der Waals surface area contributed by atoms with Crippen molar-refractivity contribution in [3.05, 3.63) is 70.4 Å². The van der Waals surface area contributed by atoms with Gasteiger partial charge in [-0.2, -0.15) is 0 Å². The molecule has 5 nitrogen and oxygen atoms in total. The van der Waals surface area contributed by atoms with Crippen LogP contribution in [0.5, 0.6) is 0 Å². The molecule has 1 aliphatic carbocycles. The normalized spacial score (nSPS) is 26.9. The number of rotatable bonds is 2. The molecule has 222 valence electrons. The Hall–Kier alpha value is -2.37. The van der Waals surface area contributed by atoms with Gasteiger partial charge in [0.2, 0.25) is 0 Å². The summed E-state index contributed by atoms with van der Waals surface area (Å²) in [5.74, 6) is -2.37. The molecule has 0 aromatic carbocycles. The average Bonchev–Trinajstić information content (AvgIpc) is 2.96. The summed E-state index contributed by atoms with van der Waals surface area (Å²) in [6, 6.07) is 0. The van der Waals surface area contributed by atoms with Crippen LogP contribution in [0.25, 0.3) is 0 Å². The summed E-state index contributed by atoms with van der Waals surface area (Å²) in [5.41, 5.74) is 5.60. The number of ketones is 1. The molecule has 2 aliphatic heterocycles. The molecular formula is C35H52N2O3-2. The zero-order valence-corrected chi connectivity index (χ0v) is 27.4. The van der Waals surface area contributed by atoms with Crippen LogP contribution < -0.4 is 10.2 Å². The fraction of sp³-hybridized carbons (Fsp3) is 0.629. The van der Waals surface area contributed by atoms with E-state index in [4.69, 9.17) is 0 Å². The van der Waals surface area contributed by atoms with Crippen LogP contribution in [0.1, 0.15) is 83.1 Å². The molecule has 3 rings (SSSR count). The Kier molecular flexibility index (Phi) is 8.42. The van der Waals surface area contributed by atoms with Crippen molar-refractivity contribution in [1.82, 2.24) is 9.80 Å². The van der Waals surface area contributed by atoms with E-state index in [9.17, 15) is 15.0 Å². The first-order chi connectivity index (χ1) is 17.9. The number of allylic oxidation sites excluding steroid dienone is 10. The molecule has 0 saturated heterocycles. The summed E-state index contributed by atoms with van der Waals surface area (Å²) in [7, 11) is 4.14. The van der Waals surface area contributed by atoms with Crippen molar-refractivity contribution in [1.29, 1.82) is 0 Å². The fourth-order valence-corrected chi connectivity index (χ4v) is 6.17. The van der Waals surface area contributed by atoms with Crippen molar-refractivity contribution in [3.8, 4) is 0 Å². The molecule has 0 amide bonds. The van der Waals surface area contributed by atoms with Crippen LogP contribution in [-0.4, -0.2) is 41.9 Å². The Morgan fingerprint density at radius 2 is 0.900 bits per heavy atom. The minimum absolute atomic E-state index is 0.132. The second-order valence-corrected chi connectivity index (χ2v) is 16.0. The minimum atomic E-state index is -1.57. The predicted octanol–water partition coefficient (Wildman–Crippen LogP) is 5.72. The lowest BCUT2D eigenvalue weighted by molar-refractivity contribution is -0.458. The molecule has 4 atom stereocenters. The van der Waals surface area contributed by atoms with Crippen molar-refractivity contribution in [2.24, 2.45) is 33.5 Å². The number of hydrogen-bond donors (Lipinski definition) is 0. The molecule has 0 radical (unpaired) electrons. The quantitative estimate of drug-likeness (QED) is 0.441. The Morgan fingerprint density at radius 3 is 1.20 bits per heavy atom. The van der Waals surface area contributed by atoms with E-state index in [0.717, 1.165) is 33.9 Å². The van der Waals surface area contributed by atoms with E-state index >= 15 is 0 Å². The van der Waals surface area contributed by atoms with Gasteiger partial charge in [-0.15, -0.1) is 6.10 Å². The Labute approximate surface area is 243 Å². The van der Waals surface area contributed by atoms with Gasteiger partial charge >= 0.3 is 0 Å². The molecule has 4 unspecified atom stereocenters. The molecule has 0 aromatic rings. The van der Waals surface area contributed by atoms with Crippen LogP contribution in [0.3, 0.4) is 0 Å². The highest BCUT2D eigenvalue weighted by Crippen LogP contribution is 2.43. The monoisotopic (exact) mass is 548 g/mol. The summed E-state index contributed by atoms with van der Waals surface area (Å²) in [6.45, 7) is 25.9. The van der Waals surface area contributed by atoms with Crippen LogP contribution in [0.4, 0.5) is 0 Å². The number of nitrogens with zero attached hydrogens (tertiary/aromatic N) is 2. The van der Waals surface area contributed by atoms with Gasteiger partial charge in [0, 0.05) is 64.5 Å². The second-order valence-electron chi connectivity index (χ2n) is 16.0. The molecule has 40 heavy (non-hydrogen) atoms. The van der Waals surface area contributed by atoms with E-state index in [0.29, 0.717) is 0 Å². The standard InChI is InChI=1S/C35H52N2O3/c1-32(2,3)25-17-21(18-26(36(25)13)33(4,5)6)15-23-29(38)24(31(40)30(23)39)16-22-19-27(34(7,8)9)37(14)28(20-22)35(10,11)12/h15-20,23-24,29-30H,1-14H3/q-2. The third kappa shape index (κ3) is 6.41. The largest absolute Gasteiger partial charge is 0.851 e. The highest BCUT2D eigenvalue weighted by molar-refractivity contribution is 5.90. The lowest BCUT2D eigenvalue weighted by atomic mass is 9.81. The van der Waals surface area contributed by atoms with E-state index in [1.165, 1.54) is 0 Å². The van der Waals surface area contributed by atoms with Gasteiger partial charge in [-0.05, 0) is 41.4 Å². The molecule has 0 N–H and O–H groups in total. The van der Waals surface area contributed by atoms with Gasteiger partial charge in [0.05, 0.1) is 0 Å². The zero-order valence-electron chi connectivity index (χ0n) is 27.4. The maximum atomic E-state index is 13.8. The maximum absolute atomic E-state index is 13.8. The third-order valence-corrected chi connectivity index (χ3v) is 8.18. The fourth-order valence-electron chi connectivity index (χ4n) is 6.17. The van der Waals surface area contributed by atoms with E-state index in [2.05, 4.69) is 131 Å². The van der Waals surface area contributed by atoms with E-state index in [1.807, 2.05) is 0 Å². The van der Waals surface area contributed by atoms with Crippen LogP contribution in [-0.2, 0) is 4.79 Å². The summed E-state index contributed by atoms with van der Waals surface area (Å²) < 4.78 is 0. The molecular weight excluding hydrogens is 496 g/mol. The van der Waals surface area contributed by atoms with Gasteiger partial charge in [0.15, 0.2) is 0 Å². The summed E-state index contributed by atoms with van der Waals surface area (Å²) in [4.78, 5) is 17.7. The third-order valence-electron chi connectivity index (χ3n) is 8.18. The molecule has 1 saturated carbocycles. The van der Waals surface area contributed by atoms with Crippen molar-refractivity contribution in [2.75, 3.05) is 14.1 Å². The molecule has 2 heterocycles. The SMILES string of the molecule is CN1C(C(C)(C)C)=CC(=CC2C(=O)C([O-])C(C=C3C=C(C(C)(C)C)N(C)C(C(C)(C)C)=C3)C2[O-])C=C1C(C)(C)C. The van der Waals surface area contributed by atoms with Crippen LogP contribution in [0, 0.1) is 33.5 Å². The maximum Gasteiger partial charge on any atom is 0.125 e. The lowest BCUT2D eigenvalue weighted by Gasteiger charge is -2.42. The smallest absolute Gasteiger partial charge is 0.125 e. The lowest BCUT2D eigenvalue weighted by Crippen LogP contribution is -2.40. The molecule has 1 fully saturated rings. The molecule has 3 aliphatic rings. The zero-order chi connectivity index (χ0) is 30.7. The molecule has 0 bridgehead atoms. The first-order valence-corrected chi connectivity index (χ1v) is 14.6. The van der Waals surface area contributed by atoms with Crippen LogP contribution in [0.15, 0.2) is 70.4 Å². The molecule has 5 heteroatoms. The highest BCUT2D eigenvalue weighted by Gasteiger charge is 2.38. The predicted molar refractivity (Wildman–Crippen MR) is 161 cm³/mol. The summed E-state index contributed by atoms with van der Waals surface area (Å²) in [5, 5.41) is 27.1. The van der Waals surface area contributed by atoms with Gasteiger partial charge in [0.1, 0.15) is 5.78 Å². The van der Waals surface area contributed by atoms with Gasteiger partial charge < -0.3 is 24.8 Å². The van der Waals surface area contributed by atoms with Crippen LogP contribution >= 0.6 is 0 Å². The number of hydrogen-bond acceptors (Lipinski definition) is 5. The van der Waals surface area contributed by atoms with Gasteiger partial charge in [0.25, 0.3) is 0 Å². The van der Waals surface area contributed by atoms with Gasteiger partial charge in [-0.3, -0.25) is 0 Å². The summed E-state index contributed by atoms with van der Waals surface area (Å²) in [6.07, 6.45) is 8.90. The number of Topliss-reactive ketones (excluding diaryl/α,β-unsaturated/α-hetero) is 1. The Morgan fingerprint density at radius 1 is 0.600 bits per heavy atom. The Bertz CT molecular complexity index is 1140. The first-order valence-electron chi connectivity index (χ1n) is 14.6. The van der Waals surface area contributed by atoms with Gasteiger partial charge in [-0.25, -0.2) is 0 Å². The Balaban J connectivity index is 2.08. The van der Waals surface area contributed by atoms with E-state index in [1.54, 1.807) is 12.2 Å². The topological polar surface area (TPSA) is 69.7 Å². The number of carbonyl (C=O) groups is 1. The van der Waals surface area contributed by atoms with Crippen molar-refractivity contribution >= 4 is 5.78 Å². The molecule has 0 aromatic heterocycles. The minimum Gasteiger partial charge on any atom is -0.851 e. The van der Waals surface area contributed by atoms with Crippen molar-refractivity contribution in [2.45, 2.75) is 95.3 Å².